The Morgan fingerprint density at radius 1 is 1.08 bits per heavy atom. The van der Waals surface area contributed by atoms with Gasteiger partial charge in [-0.2, -0.15) is 0 Å². The van der Waals surface area contributed by atoms with Crippen LogP contribution >= 0.6 is 15.9 Å². The first-order valence-electron chi connectivity index (χ1n) is 7.42. The van der Waals surface area contributed by atoms with Crippen LogP contribution in [0.1, 0.15) is 6.92 Å². The lowest BCUT2D eigenvalue weighted by molar-refractivity contribution is -0.384. The molecule has 0 bridgehead atoms. The summed E-state index contributed by atoms with van der Waals surface area (Å²) >= 11 is 3.32. The van der Waals surface area contributed by atoms with Gasteiger partial charge in [-0.25, -0.2) is 4.79 Å². The van der Waals surface area contributed by atoms with E-state index >= 15 is 0 Å². The van der Waals surface area contributed by atoms with Crippen molar-refractivity contribution >= 4 is 27.6 Å². The molecule has 25 heavy (non-hydrogen) atoms. The first kappa shape index (κ1) is 18.7. The number of hydrogen-bond acceptors (Lipinski definition) is 6. The Kier molecular flexibility index (Phi) is 6.76. The molecule has 2 aromatic rings. The summed E-state index contributed by atoms with van der Waals surface area (Å²) < 4.78 is 16.8. The smallest absolute Gasteiger partial charge is 0.347 e. The van der Waals surface area contributed by atoms with Crippen molar-refractivity contribution in [2.75, 3.05) is 13.2 Å². The highest BCUT2D eigenvalue weighted by Gasteiger charge is 2.16. The van der Waals surface area contributed by atoms with E-state index in [9.17, 15) is 14.9 Å². The van der Waals surface area contributed by atoms with E-state index in [2.05, 4.69) is 15.9 Å². The predicted molar refractivity (Wildman–Crippen MR) is 93.8 cm³/mol. The molecule has 7 nitrogen and oxygen atoms in total. The summed E-state index contributed by atoms with van der Waals surface area (Å²) in [4.78, 5) is 21.9. The molecule has 8 heteroatoms. The van der Waals surface area contributed by atoms with Gasteiger partial charge in [-0.3, -0.25) is 10.1 Å². The molecule has 0 aromatic heterocycles. The summed E-state index contributed by atoms with van der Waals surface area (Å²) in [6.07, 6.45) is -0.749. The van der Waals surface area contributed by atoms with Gasteiger partial charge in [-0.15, -0.1) is 0 Å². The maximum absolute atomic E-state index is 11.9. The van der Waals surface area contributed by atoms with Gasteiger partial charge in [-0.05, 0) is 43.3 Å². The molecule has 0 saturated heterocycles. The van der Waals surface area contributed by atoms with E-state index in [1.807, 2.05) is 12.1 Å². The van der Waals surface area contributed by atoms with Crippen LogP contribution in [0, 0.1) is 10.1 Å². The van der Waals surface area contributed by atoms with Crippen LogP contribution in [0.5, 0.6) is 11.5 Å². The first-order valence-corrected chi connectivity index (χ1v) is 8.21. The first-order chi connectivity index (χ1) is 12.0. The van der Waals surface area contributed by atoms with Gasteiger partial charge in [0, 0.05) is 16.6 Å². The molecule has 0 aliphatic rings. The van der Waals surface area contributed by atoms with Gasteiger partial charge in [0.25, 0.3) is 5.69 Å². The number of nitro groups is 1. The molecule has 0 aliphatic carbocycles. The fourth-order valence-electron chi connectivity index (χ4n) is 1.85. The van der Waals surface area contributed by atoms with E-state index in [1.165, 1.54) is 24.3 Å². The fourth-order valence-corrected chi connectivity index (χ4v) is 2.11. The molecule has 0 spiro atoms. The van der Waals surface area contributed by atoms with Crippen LogP contribution in [0.3, 0.4) is 0 Å². The van der Waals surface area contributed by atoms with Crippen molar-refractivity contribution < 1.29 is 23.9 Å². The zero-order valence-electron chi connectivity index (χ0n) is 13.4. The Hall–Kier alpha value is -2.61. The van der Waals surface area contributed by atoms with Crippen LogP contribution in [-0.2, 0) is 9.53 Å². The second kappa shape index (κ2) is 9.03. The van der Waals surface area contributed by atoms with E-state index < -0.39 is 17.0 Å². The average molecular weight is 410 g/mol. The van der Waals surface area contributed by atoms with Crippen LogP contribution in [0.15, 0.2) is 53.0 Å². The summed E-state index contributed by atoms with van der Waals surface area (Å²) in [5.74, 6) is 0.519. The number of carbonyl (C=O) groups excluding carboxylic acids is 1. The molecular formula is C17H16BrNO6. The molecule has 0 amide bonds. The number of nitro benzene ring substituents is 1. The molecule has 2 rings (SSSR count). The number of rotatable bonds is 8. The van der Waals surface area contributed by atoms with Gasteiger partial charge in [0.15, 0.2) is 6.10 Å². The van der Waals surface area contributed by atoms with Crippen molar-refractivity contribution in [1.29, 1.82) is 0 Å². The maximum atomic E-state index is 11.9. The summed E-state index contributed by atoms with van der Waals surface area (Å²) in [5, 5.41) is 10.6. The van der Waals surface area contributed by atoms with Crippen molar-refractivity contribution in [3.05, 3.63) is 63.1 Å². The Morgan fingerprint density at radius 2 is 1.68 bits per heavy atom. The molecule has 1 atom stereocenters. The van der Waals surface area contributed by atoms with Crippen molar-refractivity contribution in [1.82, 2.24) is 0 Å². The Bertz CT molecular complexity index is 717. The Balaban J connectivity index is 1.70. The van der Waals surface area contributed by atoms with Crippen molar-refractivity contribution in [3.63, 3.8) is 0 Å². The third kappa shape index (κ3) is 6.07. The number of nitrogens with zero attached hydrogens (tertiary/aromatic N) is 1. The third-order valence-electron chi connectivity index (χ3n) is 3.10. The third-order valence-corrected chi connectivity index (χ3v) is 3.63. The Labute approximate surface area is 152 Å². The van der Waals surface area contributed by atoms with Crippen LogP contribution in [0.25, 0.3) is 0 Å². The minimum Gasteiger partial charge on any atom is -0.490 e. The fraction of sp³-hybridized carbons (Fsp3) is 0.235. The standard InChI is InChI=1S/C17H16BrNO6/c1-12(25-16-6-2-13(18)3-7-16)17(20)24-11-10-23-15-8-4-14(5-9-15)19(21)22/h2-9,12H,10-11H2,1H3. The number of ether oxygens (including phenoxy) is 3. The summed E-state index contributed by atoms with van der Waals surface area (Å²) in [6.45, 7) is 1.78. The van der Waals surface area contributed by atoms with Crippen LogP contribution < -0.4 is 9.47 Å². The lowest BCUT2D eigenvalue weighted by Crippen LogP contribution is -2.27. The number of halogens is 1. The van der Waals surface area contributed by atoms with Crippen LogP contribution in [0.4, 0.5) is 5.69 Å². The van der Waals surface area contributed by atoms with E-state index in [-0.39, 0.29) is 18.9 Å². The van der Waals surface area contributed by atoms with Crippen molar-refractivity contribution in [2.45, 2.75) is 13.0 Å². The number of non-ortho nitro benzene ring substituents is 1. The number of hydrogen-bond donors (Lipinski definition) is 0. The monoisotopic (exact) mass is 409 g/mol. The molecule has 2 aromatic carbocycles. The molecule has 0 fully saturated rings. The number of esters is 1. The topological polar surface area (TPSA) is 87.9 Å². The zero-order valence-corrected chi connectivity index (χ0v) is 15.0. The number of benzene rings is 2. The zero-order chi connectivity index (χ0) is 18.2. The Morgan fingerprint density at radius 3 is 2.28 bits per heavy atom. The summed E-state index contributed by atoms with van der Waals surface area (Å²) in [6, 6.07) is 12.8. The molecule has 0 saturated carbocycles. The lowest BCUT2D eigenvalue weighted by Gasteiger charge is -2.14. The summed E-state index contributed by atoms with van der Waals surface area (Å²) in [5.41, 5.74) is -0.0160. The highest BCUT2D eigenvalue weighted by Crippen LogP contribution is 2.18. The molecule has 0 heterocycles. The maximum Gasteiger partial charge on any atom is 0.347 e. The normalized spacial score (nSPS) is 11.4. The second-order valence-electron chi connectivity index (χ2n) is 4.98. The minimum atomic E-state index is -0.749. The van der Waals surface area contributed by atoms with Crippen LogP contribution in [0.2, 0.25) is 0 Å². The second-order valence-corrected chi connectivity index (χ2v) is 5.90. The van der Waals surface area contributed by atoms with Gasteiger partial charge in [0.2, 0.25) is 0 Å². The van der Waals surface area contributed by atoms with Gasteiger partial charge in [0.1, 0.15) is 24.7 Å². The van der Waals surface area contributed by atoms with Crippen molar-refractivity contribution in [2.24, 2.45) is 0 Å². The van der Waals surface area contributed by atoms with Gasteiger partial charge in [0.05, 0.1) is 4.92 Å². The molecule has 0 radical (unpaired) electrons. The van der Waals surface area contributed by atoms with E-state index in [0.717, 1.165) is 4.47 Å². The SMILES string of the molecule is CC(Oc1ccc(Br)cc1)C(=O)OCCOc1ccc([N+](=O)[O-])cc1. The molecular weight excluding hydrogens is 394 g/mol. The lowest BCUT2D eigenvalue weighted by atomic mass is 10.3. The van der Waals surface area contributed by atoms with Gasteiger partial charge in [-0.1, -0.05) is 15.9 Å². The molecule has 0 aliphatic heterocycles. The molecule has 1 unspecified atom stereocenters. The molecule has 132 valence electrons. The van der Waals surface area contributed by atoms with E-state index in [4.69, 9.17) is 14.2 Å². The average Bonchev–Trinajstić information content (AvgIpc) is 2.60. The van der Waals surface area contributed by atoms with Gasteiger partial charge >= 0.3 is 5.97 Å². The largest absolute Gasteiger partial charge is 0.490 e. The van der Waals surface area contributed by atoms with Crippen molar-refractivity contribution in [3.8, 4) is 11.5 Å². The van der Waals surface area contributed by atoms with E-state index in [1.54, 1.807) is 19.1 Å². The quantitative estimate of drug-likeness (QED) is 0.285. The predicted octanol–water partition coefficient (Wildman–Crippen LogP) is 3.75. The van der Waals surface area contributed by atoms with Gasteiger partial charge < -0.3 is 14.2 Å². The van der Waals surface area contributed by atoms with E-state index in [0.29, 0.717) is 11.5 Å². The highest BCUT2D eigenvalue weighted by atomic mass is 79.9. The highest BCUT2D eigenvalue weighted by molar-refractivity contribution is 9.10. The summed E-state index contributed by atoms with van der Waals surface area (Å²) in [7, 11) is 0. The van der Waals surface area contributed by atoms with Crippen LogP contribution in [-0.4, -0.2) is 30.2 Å². The number of carbonyl (C=O) groups is 1. The molecule has 0 N–H and O–H groups in total. The minimum absolute atomic E-state index is 0.0160.